The third kappa shape index (κ3) is 2.17. The van der Waals surface area contributed by atoms with Crippen LogP contribution in [0.4, 0.5) is 0 Å². The molecule has 0 saturated carbocycles. The number of aromatic nitrogens is 1. The van der Waals surface area contributed by atoms with E-state index in [1.165, 1.54) is 41.3 Å². The fourth-order valence-electron chi connectivity index (χ4n) is 3.68. The molecule has 4 rings (SSSR count). The molecule has 0 fully saturated rings. The maximum atomic E-state index is 2.42. The van der Waals surface area contributed by atoms with Crippen LogP contribution in [0.2, 0.25) is 0 Å². The first-order valence-electron chi connectivity index (χ1n) is 8.02. The van der Waals surface area contributed by atoms with Crippen molar-refractivity contribution in [2.75, 3.05) is 0 Å². The summed E-state index contributed by atoms with van der Waals surface area (Å²) >= 11 is 0. The van der Waals surface area contributed by atoms with Gasteiger partial charge in [-0.3, -0.25) is 0 Å². The van der Waals surface area contributed by atoms with Gasteiger partial charge in [0.1, 0.15) is 0 Å². The molecule has 0 spiro atoms. The Balaban J connectivity index is 1.74. The number of para-hydroxylation sites is 1. The summed E-state index contributed by atoms with van der Waals surface area (Å²) in [6.45, 7) is 3.22. The van der Waals surface area contributed by atoms with Crippen molar-refractivity contribution in [2.45, 2.75) is 39.2 Å². The number of aryl methyl sites for hydroxylation is 3. The van der Waals surface area contributed by atoms with E-state index in [1.807, 2.05) is 0 Å². The van der Waals surface area contributed by atoms with E-state index in [2.05, 4.69) is 60.2 Å². The molecular formula is C20H21N. The smallest absolute Gasteiger partial charge is 0.0515 e. The van der Waals surface area contributed by atoms with Crippen LogP contribution in [0.25, 0.3) is 10.9 Å². The van der Waals surface area contributed by atoms with E-state index in [0.717, 1.165) is 13.0 Å². The molecule has 1 aromatic heterocycles. The third-order valence-corrected chi connectivity index (χ3v) is 4.77. The van der Waals surface area contributed by atoms with Gasteiger partial charge < -0.3 is 4.57 Å². The van der Waals surface area contributed by atoms with Crippen molar-refractivity contribution in [1.82, 2.24) is 4.57 Å². The van der Waals surface area contributed by atoms with Crippen LogP contribution in [-0.2, 0) is 25.8 Å². The molecule has 0 amide bonds. The number of benzene rings is 2. The van der Waals surface area contributed by atoms with Gasteiger partial charge in [-0.1, -0.05) is 43.3 Å². The normalized spacial score (nSPS) is 13.8. The van der Waals surface area contributed by atoms with Crippen molar-refractivity contribution in [3.63, 3.8) is 0 Å². The maximum absolute atomic E-state index is 2.42. The topological polar surface area (TPSA) is 4.93 Å². The number of hydrogen-bond donors (Lipinski definition) is 0. The zero-order valence-corrected chi connectivity index (χ0v) is 12.6. The highest BCUT2D eigenvalue weighted by Gasteiger charge is 2.11. The SMILES string of the molecule is CCc1cccc2ccn(Cc3ccc4c(c3)CCC4)c12. The predicted octanol–water partition coefficient (Wildman–Crippen LogP) is 4.74. The van der Waals surface area contributed by atoms with Gasteiger partial charge in [-0.15, -0.1) is 0 Å². The Hall–Kier alpha value is -2.02. The summed E-state index contributed by atoms with van der Waals surface area (Å²) in [4.78, 5) is 0. The first kappa shape index (κ1) is 12.7. The lowest BCUT2D eigenvalue weighted by Gasteiger charge is -2.10. The van der Waals surface area contributed by atoms with Gasteiger partial charge in [0, 0.05) is 12.7 Å². The Morgan fingerprint density at radius 1 is 1.00 bits per heavy atom. The summed E-state index contributed by atoms with van der Waals surface area (Å²) in [7, 11) is 0. The Morgan fingerprint density at radius 3 is 2.81 bits per heavy atom. The van der Waals surface area contributed by atoms with E-state index in [-0.39, 0.29) is 0 Å². The largest absolute Gasteiger partial charge is 0.343 e. The number of rotatable bonds is 3. The minimum Gasteiger partial charge on any atom is -0.343 e. The molecule has 1 aliphatic carbocycles. The van der Waals surface area contributed by atoms with Crippen molar-refractivity contribution in [3.05, 3.63) is 70.9 Å². The van der Waals surface area contributed by atoms with Crippen molar-refractivity contribution < 1.29 is 0 Å². The quantitative estimate of drug-likeness (QED) is 0.650. The Labute approximate surface area is 126 Å². The van der Waals surface area contributed by atoms with Gasteiger partial charge in [-0.05, 0) is 59.4 Å². The van der Waals surface area contributed by atoms with Gasteiger partial charge in [0.2, 0.25) is 0 Å². The first-order chi connectivity index (χ1) is 10.3. The molecule has 0 saturated heterocycles. The highest BCUT2D eigenvalue weighted by atomic mass is 15.0. The number of fused-ring (bicyclic) bond motifs is 2. The van der Waals surface area contributed by atoms with Crippen molar-refractivity contribution >= 4 is 10.9 Å². The van der Waals surface area contributed by atoms with Crippen molar-refractivity contribution in [1.29, 1.82) is 0 Å². The van der Waals surface area contributed by atoms with Gasteiger partial charge >= 0.3 is 0 Å². The van der Waals surface area contributed by atoms with E-state index in [4.69, 9.17) is 0 Å². The average molecular weight is 275 g/mol. The second kappa shape index (κ2) is 5.07. The highest BCUT2D eigenvalue weighted by Crippen LogP contribution is 2.25. The molecule has 0 N–H and O–H groups in total. The Kier molecular flexibility index (Phi) is 3.07. The molecular weight excluding hydrogens is 254 g/mol. The van der Waals surface area contributed by atoms with Gasteiger partial charge in [-0.2, -0.15) is 0 Å². The molecule has 0 unspecified atom stereocenters. The van der Waals surface area contributed by atoms with Crippen molar-refractivity contribution in [2.24, 2.45) is 0 Å². The summed E-state index contributed by atoms with van der Waals surface area (Å²) in [6.07, 6.45) is 7.17. The van der Waals surface area contributed by atoms with Crippen molar-refractivity contribution in [3.8, 4) is 0 Å². The van der Waals surface area contributed by atoms with Crippen LogP contribution < -0.4 is 0 Å². The summed E-state index contributed by atoms with van der Waals surface area (Å²) in [5, 5.41) is 1.36. The van der Waals surface area contributed by atoms with Crippen LogP contribution in [0.15, 0.2) is 48.7 Å². The number of hydrogen-bond acceptors (Lipinski definition) is 0. The van der Waals surface area contributed by atoms with Crippen LogP contribution in [0, 0.1) is 0 Å². The summed E-state index contributed by atoms with van der Waals surface area (Å²) in [5.41, 5.74) is 7.41. The van der Waals surface area contributed by atoms with E-state index >= 15 is 0 Å². The van der Waals surface area contributed by atoms with Crippen LogP contribution in [0.5, 0.6) is 0 Å². The standard InChI is InChI=1S/C20H21N/c1-2-16-5-3-7-18-11-12-21(20(16)18)14-15-9-10-17-6-4-8-19(17)13-15/h3,5,7,9-13H,2,4,6,8,14H2,1H3. The molecule has 1 heterocycles. The Bertz CT molecular complexity index is 795. The van der Waals surface area contributed by atoms with E-state index in [0.29, 0.717) is 0 Å². The number of nitrogens with zero attached hydrogens (tertiary/aromatic N) is 1. The fraction of sp³-hybridized carbons (Fsp3) is 0.300. The van der Waals surface area contributed by atoms with Crippen LogP contribution >= 0.6 is 0 Å². The molecule has 2 aromatic carbocycles. The Morgan fingerprint density at radius 2 is 1.90 bits per heavy atom. The maximum Gasteiger partial charge on any atom is 0.0515 e. The van der Waals surface area contributed by atoms with Crippen LogP contribution in [-0.4, -0.2) is 4.57 Å². The zero-order chi connectivity index (χ0) is 14.2. The first-order valence-corrected chi connectivity index (χ1v) is 8.02. The second-order valence-electron chi connectivity index (χ2n) is 6.11. The van der Waals surface area contributed by atoms with Crippen LogP contribution in [0.1, 0.15) is 35.6 Å². The van der Waals surface area contributed by atoms with Crippen LogP contribution in [0.3, 0.4) is 0 Å². The lowest BCUT2D eigenvalue weighted by atomic mass is 10.1. The molecule has 21 heavy (non-hydrogen) atoms. The lowest BCUT2D eigenvalue weighted by molar-refractivity contribution is 0.829. The second-order valence-corrected chi connectivity index (χ2v) is 6.11. The monoisotopic (exact) mass is 275 g/mol. The van der Waals surface area contributed by atoms with Gasteiger partial charge in [-0.25, -0.2) is 0 Å². The minimum absolute atomic E-state index is 0.980. The molecule has 0 radical (unpaired) electrons. The summed E-state index contributed by atoms with van der Waals surface area (Å²) < 4.78 is 2.41. The minimum atomic E-state index is 0.980. The average Bonchev–Trinajstić information content (AvgIpc) is 3.13. The van der Waals surface area contributed by atoms with Gasteiger partial charge in [0.25, 0.3) is 0 Å². The zero-order valence-electron chi connectivity index (χ0n) is 12.6. The molecule has 0 bridgehead atoms. The fourth-order valence-corrected chi connectivity index (χ4v) is 3.68. The van der Waals surface area contributed by atoms with Gasteiger partial charge in [0.05, 0.1) is 5.52 Å². The summed E-state index contributed by atoms with van der Waals surface area (Å²) in [5.74, 6) is 0. The summed E-state index contributed by atoms with van der Waals surface area (Å²) in [6, 6.07) is 15.9. The molecule has 0 atom stereocenters. The van der Waals surface area contributed by atoms with Gasteiger partial charge in [0.15, 0.2) is 0 Å². The third-order valence-electron chi connectivity index (χ3n) is 4.77. The molecule has 106 valence electrons. The van der Waals surface area contributed by atoms with E-state index < -0.39 is 0 Å². The lowest BCUT2D eigenvalue weighted by Crippen LogP contribution is -2.00. The molecule has 1 heteroatoms. The van der Waals surface area contributed by atoms with E-state index in [9.17, 15) is 0 Å². The molecule has 1 aliphatic rings. The predicted molar refractivity (Wildman–Crippen MR) is 88.9 cm³/mol. The highest BCUT2D eigenvalue weighted by molar-refractivity contribution is 5.83. The van der Waals surface area contributed by atoms with E-state index in [1.54, 1.807) is 11.1 Å². The molecule has 1 nitrogen and oxygen atoms in total. The molecule has 0 aliphatic heterocycles. The molecule has 3 aromatic rings.